The molecule has 0 fully saturated rings. The van der Waals surface area contributed by atoms with E-state index in [0.717, 1.165) is 0 Å². The van der Waals surface area contributed by atoms with Crippen LogP contribution in [0.1, 0.15) is 20.3 Å². The van der Waals surface area contributed by atoms with Gasteiger partial charge in [0, 0.05) is 48.9 Å². The second-order valence-electron chi connectivity index (χ2n) is 1.68. The van der Waals surface area contributed by atoms with Crippen LogP contribution in [0.5, 0.6) is 0 Å². The fraction of sp³-hybridized carbons (Fsp3) is 0.667. The van der Waals surface area contributed by atoms with Gasteiger partial charge in [0.15, 0.2) is 0 Å². The maximum absolute atomic E-state index is 10.4. The number of hydrogen-bond acceptors (Lipinski definition) is 3. The minimum Gasteiger partial charge on any atom is -0.466 e. The third-order valence-electron chi connectivity index (χ3n) is 0.699. The molecule has 0 aliphatic rings. The van der Waals surface area contributed by atoms with Gasteiger partial charge in [-0.2, -0.15) is 0 Å². The molecule has 0 spiro atoms. The van der Waals surface area contributed by atoms with Gasteiger partial charge in [-0.1, -0.05) is 0 Å². The second kappa shape index (κ2) is 7.81. The number of ether oxygens (including phenoxy) is 1. The molecule has 0 aromatic heterocycles. The van der Waals surface area contributed by atoms with E-state index in [2.05, 4.69) is 4.74 Å². The van der Waals surface area contributed by atoms with Crippen molar-refractivity contribution >= 4 is 60.6 Å². The number of hydrogen-bond donors (Lipinski definition) is 0. The maximum Gasteiger partial charge on any atom is 0.313 e. The predicted octanol–water partition coefficient (Wildman–Crippen LogP) is 0.148. The summed E-state index contributed by atoms with van der Waals surface area (Å²) in [6.45, 7) is 3.40. The average Bonchev–Trinajstić information content (AvgIpc) is 1.63. The second-order valence-corrected chi connectivity index (χ2v) is 1.68. The summed E-state index contributed by atoms with van der Waals surface area (Å²) in [5.41, 5.74) is 0. The normalized spacial score (nSPS) is 7.80. The van der Waals surface area contributed by atoms with Crippen molar-refractivity contribution in [3.8, 4) is 0 Å². The van der Waals surface area contributed by atoms with E-state index in [-0.39, 0.29) is 61.1 Å². The van der Waals surface area contributed by atoms with E-state index < -0.39 is 5.97 Å². The zero-order valence-corrected chi connectivity index (χ0v) is 10.8. The van der Waals surface area contributed by atoms with Crippen molar-refractivity contribution in [1.82, 2.24) is 0 Å². The Kier molecular flexibility index (Phi) is 10.4. The molecular formula is C6H10BaO3. The minimum atomic E-state index is -0.440. The molecule has 0 rings (SSSR count). The van der Waals surface area contributed by atoms with Gasteiger partial charge in [0.1, 0.15) is 12.2 Å². The van der Waals surface area contributed by atoms with Crippen molar-refractivity contribution in [3.63, 3.8) is 0 Å². The van der Waals surface area contributed by atoms with E-state index in [9.17, 15) is 9.59 Å². The third-order valence-corrected chi connectivity index (χ3v) is 0.699. The molecule has 0 aliphatic heterocycles. The topological polar surface area (TPSA) is 43.4 Å². The van der Waals surface area contributed by atoms with Crippen LogP contribution in [0.25, 0.3) is 0 Å². The Labute approximate surface area is 101 Å². The molecular weight excluding hydrogens is 257 g/mol. The van der Waals surface area contributed by atoms with Crippen molar-refractivity contribution < 1.29 is 14.3 Å². The molecule has 0 saturated carbocycles. The maximum atomic E-state index is 10.4. The zero-order chi connectivity index (χ0) is 7.28. The van der Waals surface area contributed by atoms with Crippen LogP contribution >= 0.6 is 0 Å². The van der Waals surface area contributed by atoms with Gasteiger partial charge in [0.2, 0.25) is 0 Å². The van der Waals surface area contributed by atoms with Crippen molar-refractivity contribution in [1.29, 1.82) is 0 Å². The fourth-order valence-electron chi connectivity index (χ4n) is 0.415. The molecule has 4 heteroatoms. The number of rotatable bonds is 3. The largest absolute Gasteiger partial charge is 0.466 e. The average molecular weight is 267 g/mol. The van der Waals surface area contributed by atoms with Crippen LogP contribution in [0.3, 0.4) is 0 Å². The molecule has 0 heterocycles. The first kappa shape index (κ1) is 13.3. The standard InChI is InChI=1S/C6H10O3.Ba/c1-3-9-6(8)4-5(2)7;/h3-4H2,1-2H3;. The molecule has 0 aliphatic carbocycles. The number of ketones is 1. The summed E-state index contributed by atoms with van der Waals surface area (Å²) in [6.07, 6.45) is -0.103. The minimum absolute atomic E-state index is 0. The fourth-order valence-corrected chi connectivity index (χ4v) is 0.415. The van der Waals surface area contributed by atoms with Gasteiger partial charge >= 0.3 is 5.97 Å². The Bertz CT molecular complexity index is 122. The molecule has 0 bridgehead atoms. The van der Waals surface area contributed by atoms with E-state index in [0.29, 0.717) is 6.61 Å². The summed E-state index contributed by atoms with van der Waals surface area (Å²) in [5.74, 6) is -0.599. The Morgan fingerprint density at radius 3 is 2.20 bits per heavy atom. The van der Waals surface area contributed by atoms with Crippen LogP contribution in [0.4, 0.5) is 0 Å². The summed E-state index contributed by atoms with van der Waals surface area (Å²) in [4.78, 5) is 20.6. The summed E-state index contributed by atoms with van der Waals surface area (Å²) in [7, 11) is 0. The van der Waals surface area contributed by atoms with Crippen molar-refractivity contribution in [2.75, 3.05) is 6.61 Å². The Morgan fingerprint density at radius 2 is 1.90 bits per heavy atom. The first-order chi connectivity index (χ1) is 4.16. The van der Waals surface area contributed by atoms with Crippen LogP contribution in [0.2, 0.25) is 0 Å². The molecule has 2 radical (unpaired) electrons. The van der Waals surface area contributed by atoms with Crippen LogP contribution in [-0.2, 0) is 14.3 Å². The van der Waals surface area contributed by atoms with Gasteiger partial charge in [-0.3, -0.25) is 9.59 Å². The van der Waals surface area contributed by atoms with Gasteiger partial charge in [-0.05, 0) is 13.8 Å². The van der Waals surface area contributed by atoms with Crippen molar-refractivity contribution in [2.24, 2.45) is 0 Å². The van der Waals surface area contributed by atoms with Crippen LogP contribution in [0, 0.1) is 0 Å². The zero-order valence-electron chi connectivity index (χ0n) is 6.35. The summed E-state index contributed by atoms with van der Waals surface area (Å²) < 4.78 is 4.49. The van der Waals surface area contributed by atoms with Crippen LogP contribution in [-0.4, -0.2) is 67.2 Å². The first-order valence-corrected chi connectivity index (χ1v) is 2.82. The predicted molar refractivity (Wildman–Crippen MR) is 37.7 cm³/mol. The van der Waals surface area contributed by atoms with E-state index in [1.807, 2.05) is 0 Å². The number of carbonyl (C=O) groups excluding carboxylic acids is 2. The molecule has 0 aromatic rings. The van der Waals surface area contributed by atoms with Gasteiger partial charge in [-0.25, -0.2) is 0 Å². The summed E-state index contributed by atoms with van der Waals surface area (Å²) in [5, 5.41) is 0. The molecule has 10 heavy (non-hydrogen) atoms. The van der Waals surface area contributed by atoms with Gasteiger partial charge < -0.3 is 4.74 Å². The SMILES string of the molecule is CCOC(=O)CC(C)=O.[Ba]. The molecule has 54 valence electrons. The molecule has 0 amide bonds. The van der Waals surface area contributed by atoms with Gasteiger partial charge in [0.05, 0.1) is 6.61 Å². The van der Waals surface area contributed by atoms with E-state index >= 15 is 0 Å². The first-order valence-electron chi connectivity index (χ1n) is 2.82. The number of carbonyl (C=O) groups is 2. The molecule has 0 unspecified atom stereocenters. The number of esters is 1. The Morgan fingerprint density at radius 1 is 1.40 bits per heavy atom. The van der Waals surface area contributed by atoms with E-state index in [4.69, 9.17) is 0 Å². The van der Waals surface area contributed by atoms with Gasteiger partial charge in [0.25, 0.3) is 0 Å². The Balaban J connectivity index is 0. The van der Waals surface area contributed by atoms with Crippen LogP contribution < -0.4 is 0 Å². The Hall–Kier alpha value is 0.711. The van der Waals surface area contributed by atoms with Crippen molar-refractivity contribution in [3.05, 3.63) is 0 Å². The number of Topliss-reactive ketones (excluding diaryl/α,β-unsaturated/α-hetero) is 1. The van der Waals surface area contributed by atoms with E-state index in [1.165, 1.54) is 6.92 Å². The van der Waals surface area contributed by atoms with Crippen molar-refractivity contribution in [2.45, 2.75) is 20.3 Å². The molecule has 0 saturated heterocycles. The monoisotopic (exact) mass is 268 g/mol. The summed E-state index contributed by atoms with van der Waals surface area (Å²) in [6, 6.07) is 0. The molecule has 3 nitrogen and oxygen atoms in total. The quantitative estimate of drug-likeness (QED) is 0.415. The summed E-state index contributed by atoms with van der Waals surface area (Å²) >= 11 is 0. The molecule has 0 N–H and O–H groups in total. The van der Waals surface area contributed by atoms with E-state index in [1.54, 1.807) is 6.92 Å². The van der Waals surface area contributed by atoms with Crippen LogP contribution in [0.15, 0.2) is 0 Å². The molecule has 0 aromatic carbocycles. The third kappa shape index (κ3) is 8.71. The molecule has 0 atom stereocenters. The smallest absolute Gasteiger partial charge is 0.313 e. The van der Waals surface area contributed by atoms with Gasteiger partial charge in [-0.15, -0.1) is 0 Å².